The lowest BCUT2D eigenvalue weighted by molar-refractivity contribution is -0.387. The van der Waals surface area contributed by atoms with Gasteiger partial charge in [0.25, 0.3) is 5.69 Å². The van der Waals surface area contributed by atoms with Crippen molar-refractivity contribution in [1.29, 1.82) is 0 Å². The van der Waals surface area contributed by atoms with E-state index in [-0.39, 0.29) is 11.5 Å². The predicted molar refractivity (Wildman–Crippen MR) is 97.6 cm³/mol. The number of hydrogen-bond donors (Lipinski definition) is 1. The molecule has 25 heavy (non-hydrogen) atoms. The van der Waals surface area contributed by atoms with Crippen LogP contribution in [0.1, 0.15) is 49.4 Å². The van der Waals surface area contributed by atoms with E-state index in [1.165, 1.54) is 55.4 Å². The van der Waals surface area contributed by atoms with Gasteiger partial charge in [0.15, 0.2) is 10.1 Å². The topological polar surface area (TPSA) is 98.0 Å². The molecule has 1 N–H and O–H groups in total. The van der Waals surface area contributed by atoms with E-state index >= 15 is 0 Å². The third-order valence-corrected chi connectivity index (χ3v) is 6.07. The Labute approximate surface area is 153 Å². The summed E-state index contributed by atoms with van der Waals surface area (Å²) in [6.07, 6.45) is 6.02. The Morgan fingerprint density at radius 1 is 1.32 bits per heavy atom. The van der Waals surface area contributed by atoms with E-state index in [0.29, 0.717) is 20.8 Å². The van der Waals surface area contributed by atoms with Crippen molar-refractivity contribution in [3.63, 3.8) is 0 Å². The van der Waals surface area contributed by atoms with E-state index in [2.05, 4.69) is 15.5 Å². The van der Waals surface area contributed by atoms with Crippen molar-refractivity contribution in [2.45, 2.75) is 54.3 Å². The fourth-order valence-corrected chi connectivity index (χ4v) is 4.66. The highest BCUT2D eigenvalue weighted by Crippen LogP contribution is 2.38. The lowest BCUT2D eigenvalue weighted by Gasteiger charge is -2.21. The molecule has 0 bridgehead atoms. The first-order valence-corrected chi connectivity index (χ1v) is 9.73. The maximum atomic E-state index is 11.4. The van der Waals surface area contributed by atoms with Gasteiger partial charge in [0.1, 0.15) is 0 Å². The van der Waals surface area contributed by atoms with Gasteiger partial charge in [-0.05, 0) is 43.7 Å². The molecule has 0 aliphatic heterocycles. The Bertz CT molecular complexity index is 787. The van der Waals surface area contributed by atoms with E-state index < -0.39 is 4.92 Å². The number of hydrogen-bond acceptors (Lipinski definition) is 8. The second-order valence-corrected chi connectivity index (χ2v) is 8.22. The summed E-state index contributed by atoms with van der Waals surface area (Å²) in [6, 6.07) is 4.94. The van der Waals surface area contributed by atoms with Crippen LogP contribution in [0.2, 0.25) is 0 Å². The molecular weight excluding hydrogens is 360 g/mol. The van der Waals surface area contributed by atoms with Gasteiger partial charge in [0.05, 0.1) is 9.82 Å². The summed E-state index contributed by atoms with van der Waals surface area (Å²) in [6.45, 7) is 1.39. The molecule has 7 nitrogen and oxygen atoms in total. The van der Waals surface area contributed by atoms with Gasteiger partial charge in [0, 0.05) is 17.7 Å². The van der Waals surface area contributed by atoms with E-state index in [1.54, 1.807) is 12.1 Å². The van der Waals surface area contributed by atoms with E-state index in [0.717, 1.165) is 18.0 Å². The number of nitrogens with zero attached hydrogens (tertiary/aromatic N) is 3. The van der Waals surface area contributed by atoms with Crippen LogP contribution < -0.4 is 5.32 Å². The molecule has 0 unspecified atom stereocenters. The van der Waals surface area contributed by atoms with Crippen LogP contribution in [0.5, 0.6) is 0 Å². The first-order chi connectivity index (χ1) is 12.0. The van der Waals surface area contributed by atoms with Crippen molar-refractivity contribution in [2.24, 2.45) is 0 Å². The molecule has 0 saturated heterocycles. The zero-order valence-electron chi connectivity index (χ0n) is 13.7. The van der Waals surface area contributed by atoms with Gasteiger partial charge >= 0.3 is 0 Å². The normalized spacial score (nSPS) is 15.1. The SMILES string of the molecule is CC(=O)c1ccc(Sc2nnc(NC3CCCCC3)s2)c([N+](=O)[O-])c1. The van der Waals surface area contributed by atoms with E-state index in [1.807, 2.05) is 0 Å². The van der Waals surface area contributed by atoms with Crippen molar-refractivity contribution >= 4 is 39.7 Å². The van der Waals surface area contributed by atoms with Crippen LogP contribution in [-0.4, -0.2) is 26.9 Å². The first-order valence-electron chi connectivity index (χ1n) is 8.10. The van der Waals surface area contributed by atoms with Crippen LogP contribution in [0, 0.1) is 10.1 Å². The molecule has 2 aromatic rings. The molecule has 1 fully saturated rings. The van der Waals surface area contributed by atoms with E-state index in [4.69, 9.17) is 0 Å². The number of benzene rings is 1. The minimum absolute atomic E-state index is 0.0883. The van der Waals surface area contributed by atoms with Crippen molar-refractivity contribution in [3.05, 3.63) is 33.9 Å². The Hall–Kier alpha value is -2.00. The zero-order chi connectivity index (χ0) is 17.8. The largest absolute Gasteiger partial charge is 0.357 e. The molecule has 1 saturated carbocycles. The fourth-order valence-electron chi connectivity index (χ4n) is 2.79. The maximum Gasteiger partial charge on any atom is 0.284 e. The smallest absolute Gasteiger partial charge is 0.284 e. The van der Waals surface area contributed by atoms with Crippen LogP contribution in [-0.2, 0) is 0 Å². The van der Waals surface area contributed by atoms with Crippen LogP contribution in [0.4, 0.5) is 10.8 Å². The second-order valence-electron chi connectivity index (χ2n) is 5.95. The van der Waals surface area contributed by atoms with Gasteiger partial charge in [-0.25, -0.2) is 0 Å². The average molecular weight is 378 g/mol. The number of anilines is 1. The number of nitrogens with one attached hydrogen (secondary N) is 1. The summed E-state index contributed by atoms with van der Waals surface area (Å²) in [4.78, 5) is 22.7. The highest BCUT2D eigenvalue weighted by Gasteiger charge is 2.20. The fraction of sp³-hybridized carbons (Fsp3) is 0.438. The van der Waals surface area contributed by atoms with Crippen LogP contribution >= 0.6 is 23.1 Å². The first kappa shape index (κ1) is 17.8. The summed E-state index contributed by atoms with van der Waals surface area (Å²) < 4.78 is 0.636. The van der Waals surface area contributed by atoms with Crippen molar-refractivity contribution in [2.75, 3.05) is 5.32 Å². The number of Topliss-reactive ketones (excluding diaryl/α,β-unsaturated/α-hetero) is 1. The molecule has 132 valence electrons. The number of ketones is 1. The van der Waals surface area contributed by atoms with Gasteiger partial charge in [-0.2, -0.15) is 0 Å². The summed E-state index contributed by atoms with van der Waals surface area (Å²) in [5.74, 6) is -0.200. The van der Waals surface area contributed by atoms with Gasteiger partial charge < -0.3 is 5.32 Å². The molecule has 0 spiro atoms. The minimum Gasteiger partial charge on any atom is -0.357 e. The van der Waals surface area contributed by atoms with Gasteiger partial charge in [-0.15, -0.1) is 10.2 Å². The molecule has 0 amide bonds. The molecule has 0 radical (unpaired) electrons. The monoisotopic (exact) mass is 378 g/mol. The summed E-state index contributed by atoms with van der Waals surface area (Å²) in [5, 5.41) is 23.7. The maximum absolute atomic E-state index is 11.4. The van der Waals surface area contributed by atoms with Crippen LogP contribution in [0.25, 0.3) is 0 Å². The number of rotatable bonds is 6. The molecule has 1 aromatic carbocycles. The summed E-state index contributed by atoms with van der Waals surface area (Å²) >= 11 is 2.59. The molecule has 9 heteroatoms. The lowest BCUT2D eigenvalue weighted by atomic mass is 9.96. The molecular formula is C16H18N4O3S2. The number of aromatic nitrogens is 2. The minimum atomic E-state index is -0.475. The third kappa shape index (κ3) is 4.55. The highest BCUT2D eigenvalue weighted by atomic mass is 32.2. The predicted octanol–water partition coefficient (Wildman–Crippen LogP) is 4.54. The van der Waals surface area contributed by atoms with Crippen molar-refractivity contribution in [3.8, 4) is 0 Å². The molecule has 3 rings (SSSR count). The molecule has 1 aliphatic rings. The van der Waals surface area contributed by atoms with Gasteiger partial charge in [-0.1, -0.05) is 30.6 Å². The molecule has 0 atom stereocenters. The second kappa shape index (κ2) is 7.92. The average Bonchev–Trinajstić information content (AvgIpc) is 3.02. The Kier molecular flexibility index (Phi) is 5.64. The van der Waals surface area contributed by atoms with E-state index in [9.17, 15) is 14.9 Å². The Balaban J connectivity index is 1.74. The van der Waals surface area contributed by atoms with Crippen molar-refractivity contribution < 1.29 is 9.72 Å². The molecule has 1 aromatic heterocycles. The van der Waals surface area contributed by atoms with Crippen LogP contribution in [0.15, 0.2) is 27.4 Å². The number of carbonyl (C=O) groups excluding carboxylic acids is 1. The highest BCUT2D eigenvalue weighted by molar-refractivity contribution is 8.01. The number of nitro benzene ring substituents is 1. The Morgan fingerprint density at radius 3 is 2.76 bits per heavy atom. The quantitative estimate of drug-likeness (QED) is 0.447. The standard InChI is InChI=1S/C16H18N4O3S2/c1-10(21)11-7-8-14(13(9-11)20(22)23)24-16-19-18-15(25-16)17-12-5-3-2-4-6-12/h7-9,12H,2-6H2,1H3,(H,17,18). The number of carbonyl (C=O) groups is 1. The van der Waals surface area contributed by atoms with Crippen LogP contribution in [0.3, 0.4) is 0 Å². The molecule has 1 aliphatic carbocycles. The molecule has 1 heterocycles. The van der Waals surface area contributed by atoms with Gasteiger partial charge in [-0.3, -0.25) is 14.9 Å². The zero-order valence-corrected chi connectivity index (χ0v) is 15.4. The van der Waals surface area contributed by atoms with Gasteiger partial charge in [0.2, 0.25) is 5.13 Å². The third-order valence-electron chi connectivity index (χ3n) is 4.10. The Morgan fingerprint density at radius 2 is 2.08 bits per heavy atom. The lowest BCUT2D eigenvalue weighted by Crippen LogP contribution is -2.21. The summed E-state index contributed by atoms with van der Waals surface area (Å²) in [5.41, 5.74) is 0.239. The summed E-state index contributed by atoms with van der Waals surface area (Å²) in [7, 11) is 0. The number of nitro groups is 1. The van der Waals surface area contributed by atoms with Crippen molar-refractivity contribution in [1.82, 2.24) is 10.2 Å².